The molecule has 7 aromatic rings. The average molecular weight is 1030 g/mol. The van der Waals surface area contributed by atoms with Crippen LogP contribution >= 0.6 is 34.3 Å². The third-order valence-electron chi connectivity index (χ3n) is 14.2. The zero-order valence-electron chi connectivity index (χ0n) is 41.3. The van der Waals surface area contributed by atoms with E-state index in [0.29, 0.717) is 37.0 Å². The topological polar surface area (TPSA) is 180 Å². The molecule has 2 aromatic carbocycles. The molecule has 0 aliphatic carbocycles. The number of aliphatic hydroxyl groups is 1. The Balaban J connectivity index is 0.798. The molecule has 0 bridgehead atoms. The Morgan fingerprint density at radius 3 is 2.33 bits per heavy atom. The molecule has 2 N–H and O–H groups in total. The van der Waals surface area contributed by atoms with Crippen LogP contribution < -0.4 is 10.2 Å². The number of aliphatic imine (C=N–C) groups is 1. The fourth-order valence-electron chi connectivity index (χ4n) is 10.1. The number of aliphatic hydroxyl groups excluding tert-OH is 1. The van der Waals surface area contributed by atoms with Gasteiger partial charge in [0.2, 0.25) is 17.7 Å². The maximum atomic E-state index is 14.5. The Labute approximate surface area is 431 Å². The van der Waals surface area contributed by atoms with Crippen LogP contribution in [0, 0.1) is 33.6 Å². The second-order valence-corrected chi connectivity index (χ2v) is 21.8. The number of thiazole rings is 1. The normalized spacial score (nSPS) is 18.7. The van der Waals surface area contributed by atoms with Gasteiger partial charge in [-0.25, -0.2) is 9.97 Å². The number of halogens is 1. The van der Waals surface area contributed by atoms with Crippen LogP contribution in [0.15, 0.2) is 89.8 Å². The zero-order chi connectivity index (χ0) is 50.5. The molecule has 19 heteroatoms. The molecule has 0 spiro atoms. The third-order valence-corrected chi connectivity index (χ3v) is 16.6. The number of benzene rings is 2. The molecular formula is C53H57ClN12O4S2. The van der Waals surface area contributed by atoms with Crippen molar-refractivity contribution in [3.63, 3.8) is 0 Å². The fourth-order valence-corrected chi connectivity index (χ4v) is 12.2. The van der Waals surface area contributed by atoms with Crippen LogP contribution in [0.3, 0.4) is 0 Å². The minimum Gasteiger partial charge on any atom is -0.391 e. The molecule has 2 fully saturated rings. The highest BCUT2D eigenvalue weighted by molar-refractivity contribution is 7.15. The smallest absolute Gasteiger partial charge is 0.248 e. The molecule has 0 radical (unpaired) electrons. The highest BCUT2D eigenvalue weighted by Gasteiger charge is 2.43. The lowest BCUT2D eigenvalue weighted by Crippen LogP contribution is -2.49. The van der Waals surface area contributed by atoms with Crippen LogP contribution in [0.2, 0.25) is 5.02 Å². The first-order valence-corrected chi connectivity index (χ1v) is 26.4. The van der Waals surface area contributed by atoms with Gasteiger partial charge in [-0.2, -0.15) is 5.10 Å². The molecule has 3 amide bonds. The molecule has 5 atom stereocenters. The number of β-amino-alcohol motifs (C(OH)–C–C–N with tert-alkyl or cyclic N) is 1. The predicted molar refractivity (Wildman–Crippen MR) is 281 cm³/mol. The van der Waals surface area contributed by atoms with Gasteiger partial charge in [-0.05, 0) is 87.1 Å². The van der Waals surface area contributed by atoms with Crippen molar-refractivity contribution in [2.45, 2.75) is 91.6 Å². The minimum absolute atomic E-state index is 0.0123. The number of hydrogen-bond donors (Lipinski definition) is 2. The van der Waals surface area contributed by atoms with Crippen molar-refractivity contribution in [2.75, 3.05) is 37.6 Å². The van der Waals surface area contributed by atoms with Crippen molar-refractivity contribution >= 4 is 63.5 Å². The number of aryl methyl sites for hydroxylation is 3. The lowest BCUT2D eigenvalue weighted by molar-refractivity contribution is -0.142. The Hall–Kier alpha value is -6.60. The number of carbonyl (C=O) groups excluding carboxylic acids is 3. The molecule has 0 unspecified atom stereocenters. The Morgan fingerprint density at radius 2 is 1.62 bits per heavy atom. The number of nitrogens with zero attached hydrogens (tertiary/aromatic N) is 11. The van der Waals surface area contributed by atoms with Crippen molar-refractivity contribution in [1.82, 2.24) is 49.6 Å². The van der Waals surface area contributed by atoms with E-state index in [-0.39, 0.29) is 49.1 Å². The van der Waals surface area contributed by atoms with E-state index in [1.165, 1.54) is 9.78 Å². The molecule has 16 nitrogen and oxygen atoms in total. The van der Waals surface area contributed by atoms with Gasteiger partial charge in [-0.3, -0.25) is 28.6 Å². The first-order valence-electron chi connectivity index (χ1n) is 24.3. The van der Waals surface area contributed by atoms with Gasteiger partial charge in [0.1, 0.15) is 34.8 Å². The third kappa shape index (κ3) is 9.48. The maximum Gasteiger partial charge on any atom is 0.248 e. The number of thiophene rings is 1. The number of likely N-dealkylation sites (tertiary alicyclic amines) is 1. The second kappa shape index (κ2) is 20.1. The van der Waals surface area contributed by atoms with E-state index in [1.807, 2.05) is 112 Å². The molecule has 8 heterocycles. The Bertz CT molecular complexity index is 3190. The van der Waals surface area contributed by atoms with E-state index in [1.54, 1.807) is 39.7 Å². The highest BCUT2D eigenvalue weighted by atomic mass is 35.5. The predicted octanol–water partition coefficient (Wildman–Crippen LogP) is 8.27. The van der Waals surface area contributed by atoms with E-state index in [2.05, 4.69) is 43.8 Å². The first-order chi connectivity index (χ1) is 34.6. The lowest BCUT2D eigenvalue weighted by Gasteiger charge is -2.36. The molecule has 2 saturated heterocycles. The van der Waals surface area contributed by atoms with Crippen molar-refractivity contribution in [3.8, 4) is 26.6 Å². The SMILES string of the molecule is Cc1ncsc1-c1ccc([C@H](C)NC(=O)[C@@H]2C[C@@H](O)CN2C(=O)[C@H](C(C)C)n2cc(-c3ccnc(N4CCN(C(=O)C[C@@H]5N=C(c6ccc(Cl)cc6)c6c(sc(C)c6C)-n6c(C)nnc65)CC4)c3)cn2)cc1. The number of amides is 3. The molecular weight excluding hydrogens is 968 g/mol. The molecule has 3 aliphatic heterocycles. The van der Waals surface area contributed by atoms with Crippen molar-refractivity contribution in [3.05, 3.63) is 134 Å². The van der Waals surface area contributed by atoms with Gasteiger partial charge < -0.3 is 25.1 Å². The van der Waals surface area contributed by atoms with Crippen molar-refractivity contribution in [2.24, 2.45) is 10.9 Å². The number of aromatic nitrogens is 7. The van der Waals surface area contributed by atoms with Gasteiger partial charge in [0.25, 0.3) is 0 Å². The molecule has 5 aromatic heterocycles. The summed E-state index contributed by atoms with van der Waals surface area (Å²) in [4.78, 5) is 64.9. The summed E-state index contributed by atoms with van der Waals surface area (Å²) in [6.07, 6.45) is 4.81. The average Bonchev–Trinajstić information content (AvgIpc) is 4.22. The number of anilines is 1. The molecule has 3 aliphatic rings. The summed E-state index contributed by atoms with van der Waals surface area (Å²) in [5, 5.41) is 29.3. The number of nitrogens with one attached hydrogen (secondary N) is 1. The molecule has 72 heavy (non-hydrogen) atoms. The number of piperazine rings is 1. The summed E-state index contributed by atoms with van der Waals surface area (Å²) < 4.78 is 3.74. The standard InChI is InChI=1S/C53H57ClN12O4S2/c1-29(2)48(52(70)64-27-41(67)23-43(64)51(69)58-31(4)35-8-10-37(11-9-35)49-32(5)56-28-71-49)65-26-39(25-57-65)38-16-17-55-44(22-38)62-18-20-63(21-19-62)45(68)24-42-50-61-60-34(7)66(50)53-46(30(3)33(6)72-53)47(59-42)36-12-14-40(54)15-13-36/h8-17,22,25-26,28-29,31,41-43,48,67H,18-21,23-24,27H2,1-7H3,(H,58,69)/t31-,41+,42-,43-,48-/m0/s1. The second-order valence-electron chi connectivity index (χ2n) is 19.3. The number of fused-ring (bicyclic) bond motifs is 3. The number of carbonyl (C=O) groups is 3. The zero-order valence-corrected chi connectivity index (χ0v) is 43.7. The van der Waals surface area contributed by atoms with E-state index in [0.717, 1.165) is 71.9 Å². The highest BCUT2D eigenvalue weighted by Crippen LogP contribution is 2.40. The summed E-state index contributed by atoms with van der Waals surface area (Å²) in [5.41, 5.74) is 10.4. The molecule has 372 valence electrons. The van der Waals surface area contributed by atoms with Gasteiger partial charge in [-0.1, -0.05) is 61.8 Å². The maximum absolute atomic E-state index is 14.5. The Kier molecular flexibility index (Phi) is 13.7. The van der Waals surface area contributed by atoms with E-state index >= 15 is 0 Å². The minimum atomic E-state index is -0.837. The van der Waals surface area contributed by atoms with E-state index in [9.17, 15) is 19.5 Å². The van der Waals surface area contributed by atoms with Gasteiger partial charge in [-0.15, -0.1) is 32.9 Å². The van der Waals surface area contributed by atoms with Crippen molar-refractivity contribution in [1.29, 1.82) is 0 Å². The summed E-state index contributed by atoms with van der Waals surface area (Å²) >= 11 is 9.58. The number of rotatable bonds is 12. The van der Waals surface area contributed by atoms with Gasteiger partial charge in [0.05, 0.1) is 46.6 Å². The van der Waals surface area contributed by atoms with E-state index in [4.69, 9.17) is 26.7 Å². The largest absolute Gasteiger partial charge is 0.391 e. The van der Waals surface area contributed by atoms with E-state index < -0.39 is 24.2 Å². The number of pyridine rings is 1. The van der Waals surface area contributed by atoms with Crippen LogP contribution in [0.25, 0.3) is 26.6 Å². The molecule has 10 rings (SSSR count). The monoisotopic (exact) mass is 1020 g/mol. The van der Waals surface area contributed by atoms with Crippen LogP contribution in [0.1, 0.15) is 96.2 Å². The fraction of sp³-hybridized carbons (Fsp3) is 0.377. The van der Waals surface area contributed by atoms with Crippen molar-refractivity contribution < 1.29 is 19.5 Å². The van der Waals surface area contributed by atoms with Crippen LogP contribution in [0.4, 0.5) is 5.82 Å². The van der Waals surface area contributed by atoms with Crippen LogP contribution in [0.5, 0.6) is 0 Å². The van der Waals surface area contributed by atoms with Gasteiger partial charge >= 0.3 is 0 Å². The summed E-state index contributed by atoms with van der Waals surface area (Å²) in [6.45, 7) is 16.2. The van der Waals surface area contributed by atoms with Gasteiger partial charge in [0, 0.05) is 78.1 Å². The summed E-state index contributed by atoms with van der Waals surface area (Å²) in [5.74, 6) is 1.38. The van der Waals surface area contributed by atoms with Crippen LogP contribution in [-0.4, -0.2) is 118 Å². The summed E-state index contributed by atoms with van der Waals surface area (Å²) in [7, 11) is 0. The Morgan fingerprint density at radius 1 is 0.889 bits per heavy atom. The number of hydrogen-bond acceptors (Lipinski definition) is 13. The lowest BCUT2D eigenvalue weighted by atomic mass is 9.99. The molecule has 0 saturated carbocycles. The van der Waals surface area contributed by atoms with Gasteiger partial charge in [0.15, 0.2) is 5.82 Å². The van der Waals surface area contributed by atoms with Crippen LogP contribution in [-0.2, 0) is 14.4 Å². The first kappa shape index (κ1) is 49.0. The summed E-state index contributed by atoms with van der Waals surface area (Å²) in [6, 6.07) is 17.2. The quantitative estimate of drug-likeness (QED) is 0.121.